The molecule has 0 saturated heterocycles. The van der Waals surface area contributed by atoms with Gasteiger partial charge in [-0.05, 0) is 62.2 Å². The predicted molar refractivity (Wildman–Crippen MR) is 104 cm³/mol. The molecule has 0 radical (unpaired) electrons. The number of nitrogens with one attached hydrogen (secondary N) is 2. The minimum Gasteiger partial charge on any atom is -0.463 e. The van der Waals surface area contributed by atoms with Crippen molar-refractivity contribution in [2.24, 2.45) is 0 Å². The van der Waals surface area contributed by atoms with E-state index in [0.717, 1.165) is 5.56 Å². The van der Waals surface area contributed by atoms with Gasteiger partial charge in [-0.1, -0.05) is 23.7 Å². The van der Waals surface area contributed by atoms with Crippen molar-refractivity contribution in [3.05, 3.63) is 64.2 Å². The summed E-state index contributed by atoms with van der Waals surface area (Å²) in [5.41, 5.74) is -2.09. The molecule has 0 aliphatic rings. The standard InChI is InChI=1S/C20H20ClF3N2O3/c1-4-29-18(28)19(20(22,23)24,25-16-9-8-12(2)13(3)10-16)26-17(27)14-6-5-7-15(21)11-14/h5-11,25H,4H2,1-3H3,(H,26,27)/t19-/m1/s1. The predicted octanol–water partition coefficient (Wildman–Crippen LogP) is 4.62. The number of carbonyl (C=O) groups is 2. The van der Waals surface area contributed by atoms with Gasteiger partial charge in [0.1, 0.15) is 0 Å². The van der Waals surface area contributed by atoms with Crippen LogP contribution in [0.4, 0.5) is 18.9 Å². The fraction of sp³-hybridized carbons (Fsp3) is 0.300. The zero-order valence-corrected chi connectivity index (χ0v) is 16.7. The lowest BCUT2D eigenvalue weighted by Gasteiger charge is -2.35. The lowest BCUT2D eigenvalue weighted by Crippen LogP contribution is -2.69. The topological polar surface area (TPSA) is 67.4 Å². The van der Waals surface area contributed by atoms with Gasteiger partial charge in [0.15, 0.2) is 0 Å². The molecule has 0 aliphatic carbocycles. The number of ether oxygens (including phenoxy) is 1. The molecule has 0 spiro atoms. The first-order valence-corrected chi connectivity index (χ1v) is 9.05. The summed E-state index contributed by atoms with van der Waals surface area (Å²) in [5, 5.41) is 4.07. The molecule has 0 fully saturated rings. The molecule has 0 aromatic heterocycles. The fourth-order valence-corrected chi connectivity index (χ4v) is 2.73. The molecular weight excluding hydrogens is 409 g/mol. The number of aryl methyl sites for hydroxylation is 2. The van der Waals surface area contributed by atoms with Crippen LogP contribution in [-0.2, 0) is 9.53 Å². The van der Waals surface area contributed by atoms with Crippen LogP contribution >= 0.6 is 11.6 Å². The largest absolute Gasteiger partial charge is 0.463 e. The van der Waals surface area contributed by atoms with E-state index < -0.39 is 23.7 Å². The zero-order valence-electron chi connectivity index (χ0n) is 16.0. The minimum absolute atomic E-state index is 0.00938. The Kier molecular flexibility index (Phi) is 6.79. The third-order valence-corrected chi connectivity index (χ3v) is 4.47. The fourth-order valence-electron chi connectivity index (χ4n) is 2.54. The van der Waals surface area contributed by atoms with Gasteiger partial charge >= 0.3 is 17.8 Å². The van der Waals surface area contributed by atoms with Crippen LogP contribution in [0.2, 0.25) is 5.02 Å². The third-order valence-electron chi connectivity index (χ3n) is 4.23. The summed E-state index contributed by atoms with van der Waals surface area (Å²) in [5.74, 6) is -2.82. The normalized spacial score (nSPS) is 13.3. The number of halogens is 4. The van der Waals surface area contributed by atoms with Crippen molar-refractivity contribution in [2.75, 3.05) is 11.9 Å². The van der Waals surface area contributed by atoms with E-state index in [9.17, 15) is 22.8 Å². The zero-order chi connectivity index (χ0) is 21.8. The van der Waals surface area contributed by atoms with E-state index in [4.69, 9.17) is 11.6 Å². The Hall–Kier alpha value is -2.74. The number of hydrogen-bond acceptors (Lipinski definition) is 4. The summed E-state index contributed by atoms with van der Waals surface area (Å²) < 4.78 is 47.2. The Bertz CT molecular complexity index is 918. The summed E-state index contributed by atoms with van der Waals surface area (Å²) in [6.07, 6.45) is -5.22. The number of carbonyl (C=O) groups excluding carboxylic acids is 2. The van der Waals surface area contributed by atoms with Crippen LogP contribution < -0.4 is 10.6 Å². The van der Waals surface area contributed by atoms with Gasteiger partial charge in [-0.25, -0.2) is 4.79 Å². The van der Waals surface area contributed by atoms with Crippen LogP contribution in [0.25, 0.3) is 0 Å². The van der Waals surface area contributed by atoms with E-state index in [2.05, 4.69) is 10.1 Å². The molecule has 0 aliphatic heterocycles. The number of anilines is 1. The van der Waals surface area contributed by atoms with E-state index in [-0.39, 0.29) is 22.9 Å². The molecule has 1 atom stereocenters. The first-order chi connectivity index (χ1) is 13.5. The van der Waals surface area contributed by atoms with E-state index in [1.807, 2.05) is 0 Å². The van der Waals surface area contributed by atoms with Gasteiger partial charge in [0.05, 0.1) is 6.61 Å². The van der Waals surface area contributed by atoms with Crippen LogP contribution in [-0.4, -0.2) is 30.3 Å². The molecule has 0 heterocycles. The Labute approximate surface area is 171 Å². The molecule has 156 valence electrons. The Morgan fingerprint density at radius 1 is 1.07 bits per heavy atom. The summed E-state index contributed by atoms with van der Waals surface area (Å²) >= 11 is 5.81. The molecule has 2 aromatic carbocycles. The Morgan fingerprint density at radius 2 is 1.76 bits per heavy atom. The van der Waals surface area contributed by atoms with Crippen molar-refractivity contribution in [3.63, 3.8) is 0 Å². The average Bonchev–Trinajstić information content (AvgIpc) is 2.63. The molecular formula is C20H20ClF3N2O3. The number of rotatable bonds is 6. The Balaban J connectivity index is 2.54. The molecule has 0 saturated carbocycles. The van der Waals surface area contributed by atoms with E-state index in [1.165, 1.54) is 43.3 Å². The van der Waals surface area contributed by atoms with Crippen molar-refractivity contribution in [1.82, 2.24) is 5.32 Å². The van der Waals surface area contributed by atoms with Gasteiger partial charge in [0, 0.05) is 16.3 Å². The molecule has 2 N–H and O–H groups in total. The van der Waals surface area contributed by atoms with Crippen LogP contribution in [0.1, 0.15) is 28.4 Å². The second-order valence-corrected chi connectivity index (χ2v) is 6.79. The van der Waals surface area contributed by atoms with Crippen molar-refractivity contribution in [2.45, 2.75) is 32.6 Å². The number of benzene rings is 2. The SMILES string of the molecule is CCOC(=O)[C@](NC(=O)c1cccc(Cl)c1)(Nc1ccc(C)c(C)c1)C(F)(F)F. The van der Waals surface area contributed by atoms with Gasteiger partial charge in [0.2, 0.25) is 0 Å². The highest BCUT2D eigenvalue weighted by atomic mass is 35.5. The number of hydrogen-bond donors (Lipinski definition) is 2. The van der Waals surface area contributed by atoms with Crippen LogP contribution in [0.3, 0.4) is 0 Å². The second kappa shape index (κ2) is 8.73. The maximum atomic E-state index is 14.2. The smallest absolute Gasteiger partial charge is 0.441 e. The summed E-state index contributed by atoms with van der Waals surface area (Å²) in [6.45, 7) is 4.57. The summed E-state index contributed by atoms with van der Waals surface area (Å²) in [6, 6.07) is 9.78. The highest BCUT2D eigenvalue weighted by Gasteiger charge is 2.63. The molecule has 9 heteroatoms. The lowest BCUT2D eigenvalue weighted by molar-refractivity contribution is -0.204. The van der Waals surface area contributed by atoms with E-state index in [1.54, 1.807) is 25.2 Å². The van der Waals surface area contributed by atoms with Crippen LogP contribution in [0.5, 0.6) is 0 Å². The monoisotopic (exact) mass is 428 g/mol. The van der Waals surface area contributed by atoms with Crippen LogP contribution in [0.15, 0.2) is 42.5 Å². The minimum atomic E-state index is -5.22. The van der Waals surface area contributed by atoms with Crippen molar-refractivity contribution >= 4 is 29.2 Å². The first kappa shape index (κ1) is 22.5. The highest BCUT2D eigenvalue weighted by molar-refractivity contribution is 6.31. The molecule has 0 bridgehead atoms. The second-order valence-electron chi connectivity index (χ2n) is 6.36. The first-order valence-electron chi connectivity index (χ1n) is 8.67. The third kappa shape index (κ3) is 5.00. The average molecular weight is 429 g/mol. The highest BCUT2D eigenvalue weighted by Crippen LogP contribution is 2.34. The lowest BCUT2D eigenvalue weighted by atomic mass is 10.1. The van der Waals surface area contributed by atoms with Gasteiger partial charge in [-0.15, -0.1) is 0 Å². The molecule has 2 rings (SSSR count). The molecule has 2 aromatic rings. The molecule has 29 heavy (non-hydrogen) atoms. The quantitative estimate of drug-likeness (QED) is 0.520. The molecule has 0 unspecified atom stereocenters. The van der Waals surface area contributed by atoms with Crippen LogP contribution in [0, 0.1) is 13.8 Å². The van der Waals surface area contributed by atoms with Gasteiger partial charge in [-0.3, -0.25) is 4.79 Å². The van der Waals surface area contributed by atoms with Crippen molar-refractivity contribution in [1.29, 1.82) is 0 Å². The van der Waals surface area contributed by atoms with Crippen molar-refractivity contribution < 1.29 is 27.5 Å². The van der Waals surface area contributed by atoms with E-state index in [0.29, 0.717) is 5.56 Å². The summed E-state index contributed by atoms with van der Waals surface area (Å²) in [4.78, 5) is 25.0. The number of alkyl halides is 3. The van der Waals surface area contributed by atoms with Crippen molar-refractivity contribution in [3.8, 4) is 0 Å². The van der Waals surface area contributed by atoms with Gasteiger partial charge in [-0.2, -0.15) is 13.2 Å². The number of amides is 1. The molecule has 5 nitrogen and oxygen atoms in total. The maximum Gasteiger partial charge on any atom is 0.441 e. The maximum absolute atomic E-state index is 14.2. The van der Waals surface area contributed by atoms with Gasteiger partial charge < -0.3 is 15.4 Å². The molecule has 1 amide bonds. The van der Waals surface area contributed by atoms with Gasteiger partial charge in [0.25, 0.3) is 5.91 Å². The van der Waals surface area contributed by atoms with E-state index >= 15 is 0 Å². The summed E-state index contributed by atoms with van der Waals surface area (Å²) in [7, 11) is 0. The Morgan fingerprint density at radius 3 is 2.31 bits per heavy atom. The number of esters is 1.